The van der Waals surface area contributed by atoms with Gasteiger partial charge in [-0.3, -0.25) is 14.9 Å². The van der Waals surface area contributed by atoms with Crippen LogP contribution in [-0.4, -0.2) is 62.6 Å². The maximum Gasteiger partial charge on any atom is 0.273 e. The van der Waals surface area contributed by atoms with Crippen LogP contribution in [0.25, 0.3) is 0 Å². The lowest BCUT2D eigenvalue weighted by molar-refractivity contribution is 0.0630. The highest BCUT2D eigenvalue weighted by Gasteiger charge is 2.29. The summed E-state index contributed by atoms with van der Waals surface area (Å²) in [6.07, 6.45) is 0.637. The second-order valence-corrected chi connectivity index (χ2v) is 10.7. The fraction of sp³-hybridized carbons (Fsp3) is 0.261. The van der Waals surface area contributed by atoms with Gasteiger partial charge in [0.05, 0.1) is 4.90 Å². The van der Waals surface area contributed by atoms with Crippen molar-refractivity contribution in [2.45, 2.75) is 17.4 Å². The van der Waals surface area contributed by atoms with Gasteiger partial charge in [0, 0.05) is 36.6 Å². The molecule has 2 aromatic carbocycles. The van der Waals surface area contributed by atoms with E-state index in [0.717, 1.165) is 16.9 Å². The number of rotatable bonds is 6. The van der Waals surface area contributed by atoms with E-state index in [2.05, 4.69) is 15.6 Å². The zero-order valence-corrected chi connectivity index (χ0v) is 20.6. The Labute approximate surface area is 211 Å². The molecule has 4 N–H and O–H groups in total. The van der Waals surface area contributed by atoms with Gasteiger partial charge < -0.3 is 19.7 Å². The Balaban J connectivity index is 1.25. The molecule has 1 atom stereocenters. The van der Waals surface area contributed by atoms with E-state index in [1.807, 2.05) is 18.2 Å². The second kappa shape index (κ2) is 9.85. The third-order valence-electron chi connectivity index (χ3n) is 5.91. The summed E-state index contributed by atoms with van der Waals surface area (Å²) in [6, 6.07) is 10.9. The third-order valence-corrected chi connectivity index (χ3v) is 7.60. The molecular formula is C23H23N5O6S2. The average Bonchev–Trinajstić information content (AvgIpc) is 3.53. The topological polar surface area (TPSA) is 153 Å². The number of carbonyl (C=O) groups excluding carboxylic acids is 2. The molecule has 1 saturated heterocycles. The van der Waals surface area contributed by atoms with E-state index in [9.17, 15) is 18.0 Å². The van der Waals surface area contributed by atoms with Crippen molar-refractivity contribution in [2.24, 2.45) is 5.14 Å². The van der Waals surface area contributed by atoms with Gasteiger partial charge in [-0.05, 0) is 48.4 Å². The van der Waals surface area contributed by atoms with Crippen molar-refractivity contribution in [1.29, 1.82) is 0 Å². The number of nitrogens with one attached hydrogen (secondary N) is 2. The maximum atomic E-state index is 13.3. The van der Waals surface area contributed by atoms with Crippen LogP contribution in [0.3, 0.4) is 0 Å². The summed E-state index contributed by atoms with van der Waals surface area (Å²) in [5.41, 5.74) is 1.51. The minimum Gasteiger partial charge on any atom is -0.454 e. The Morgan fingerprint density at radius 2 is 1.94 bits per heavy atom. The number of hydrogen-bond donors (Lipinski definition) is 3. The van der Waals surface area contributed by atoms with Gasteiger partial charge in [-0.15, -0.1) is 11.3 Å². The van der Waals surface area contributed by atoms with E-state index in [1.165, 1.54) is 24.3 Å². The van der Waals surface area contributed by atoms with Crippen molar-refractivity contribution in [1.82, 2.24) is 15.2 Å². The second-order valence-electron chi connectivity index (χ2n) is 8.31. The molecule has 0 saturated carbocycles. The molecule has 0 aliphatic carbocycles. The van der Waals surface area contributed by atoms with Crippen LogP contribution in [0, 0.1) is 0 Å². The minimum absolute atomic E-state index is 0.0799. The largest absolute Gasteiger partial charge is 0.454 e. The molecule has 0 radical (unpaired) electrons. The molecule has 13 heteroatoms. The smallest absolute Gasteiger partial charge is 0.273 e. The number of anilines is 1. The van der Waals surface area contributed by atoms with Crippen molar-refractivity contribution in [3.63, 3.8) is 0 Å². The lowest BCUT2D eigenvalue weighted by Gasteiger charge is -2.36. The Morgan fingerprint density at radius 3 is 2.72 bits per heavy atom. The van der Waals surface area contributed by atoms with Gasteiger partial charge in [-0.1, -0.05) is 6.07 Å². The van der Waals surface area contributed by atoms with Crippen LogP contribution in [0.1, 0.15) is 26.4 Å². The first-order valence-corrected chi connectivity index (χ1v) is 13.5. The van der Waals surface area contributed by atoms with E-state index in [-0.39, 0.29) is 40.0 Å². The zero-order valence-electron chi connectivity index (χ0n) is 19.0. The predicted molar refractivity (Wildman–Crippen MR) is 132 cm³/mol. The standard InChI is InChI=1S/C23H23N5O6S2/c24-36(31,32)17-4-2-15(3-5-17)21(29)27-23-26-18(12-35-23)22(30)28-8-7-25-11-16(28)9-14-1-6-19-20(10-14)34-13-33-19/h1-6,10,12,16,25H,7-9,11,13H2,(H2,24,31,32)(H,26,27,29). The molecule has 188 valence electrons. The van der Waals surface area contributed by atoms with Crippen LogP contribution >= 0.6 is 11.3 Å². The number of fused-ring (bicyclic) bond motifs is 1. The molecule has 0 bridgehead atoms. The summed E-state index contributed by atoms with van der Waals surface area (Å²) in [5.74, 6) is 0.725. The molecule has 1 unspecified atom stereocenters. The van der Waals surface area contributed by atoms with E-state index in [1.54, 1.807) is 10.3 Å². The lowest BCUT2D eigenvalue weighted by Crippen LogP contribution is -2.54. The summed E-state index contributed by atoms with van der Waals surface area (Å²) in [6.45, 7) is 2.05. The van der Waals surface area contributed by atoms with Gasteiger partial charge in [0.1, 0.15) is 5.69 Å². The molecule has 2 aliphatic heterocycles. The van der Waals surface area contributed by atoms with Crippen LogP contribution in [0.15, 0.2) is 52.7 Å². The Bertz CT molecular complexity index is 1410. The van der Waals surface area contributed by atoms with Gasteiger partial charge in [0.25, 0.3) is 11.8 Å². The van der Waals surface area contributed by atoms with E-state index >= 15 is 0 Å². The molecule has 0 spiro atoms. The molecule has 3 heterocycles. The molecule has 2 aliphatic rings. The Kier molecular flexibility index (Phi) is 6.62. The van der Waals surface area contributed by atoms with Crippen molar-refractivity contribution < 1.29 is 27.5 Å². The molecule has 11 nitrogen and oxygen atoms in total. The summed E-state index contributed by atoms with van der Waals surface area (Å²) < 4.78 is 33.6. The fourth-order valence-corrected chi connectivity index (χ4v) is 5.29. The number of benzene rings is 2. The van der Waals surface area contributed by atoms with Crippen molar-refractivity contribution in [3.05, 3.63) is 64.7 Å². The summed E-state index contributed by atoms with van der Waals surface area (Å²) in [4.78, 5) is 31.9. The molecule has 1 aromatic heterocycles. The van der Waals surface area contributed by atoms with Crippen LogP contribution < -0.4 is 25.2 Å². The van der Waals surface area contributed by atoms with Crippen LogP contribution in [0.4, 0.5) is 5.13 Å². The Hall–Kier alpha value is -3.52. The first kappa shape index (κ1) is 24.2. The lowest BCUT2D eigenvalue weighted by atomic mass is 10.0. The minimum atomic E-state index is -3.85. The SMILES string of the molecule is NS(=O)(=O)c1ccc(C(=O)Nc2nc(C(=O)N3CCNCC3Cc3ccc4c(c3)OCO4)cs2)cc1. The first-order chi connectivity index (χ1) is 17.3. The maximum absolute atomic E-state index is 13.3. The number of thiazole rings is 1. The normalized spacial score (nSPS) is 17.1. The van der Waals surface area contributed by atoms with E-state index in [0.29, 0.717) is 37.6 Å². The van der Waals surface area contributed by atoms with Crippen molar-refractivity contribution in [2.75, 3.05) is 31.7 Å². The summed E-state index contributed by atoms with van der Waals surface area (Å²) in [7, 11) is -3.85. The molecule has 3 aromatic rings. The summed E-state index contributed by atoms with van der Waals surface area (Å²) >= 11 is 1.14. The third kappa shape index (κ3) is 5.18. The number of carbonyl (C=O) groups is 2. The highest BCUT2D eigenvalue weighted by molar-refractivity contribution is 7.89. The van der Waals surface area contributed by atoms with Crippen LogP contribution in [0.2, 0.25) is 0 Å². The molecule has 5 rings (SSSR count). The van der Waals surface area contributed by atoms with Gasteiger partial charge in [-0.2, -0.15) is 0 Å². The fourth-order valence-electron chi connectivity index (χ4n) is 4.09. The number of nitrogens with two attached hydrogens (primary N) is 1. The number of sulfonamides is 1. The average molecular weight is 530 g/mol. The molecule has 2 amide bonds. The van der Waals surface area contributed by atoms with Gasteiger partial charge >= 0.3 is 0 Å². The van der Waals surface area contributed by atoms with Crippen LogP contribution in [0.5, 0.6) is 11.5 Å². The van der Waals surface area contributed by atoms with Crippen LogP contribution in [-0.2, 0) is 16.4 Å². The number of ether oxygens (including phenoxy) is 2. The van der Waals surface area contributed by atoms with Gasteiger partial charge in [-0.25, -0.2) is 18.5 Å². The summed E-state index contributed by atoms with van der Waals surface area (Å²) in [5, 5.41) is 12.9. The Morgan fingerprint density at radius 1 is 1.17 bits per heavy atom. The van der Waals surface area contributed by atoms with E-state index in [4.69, 9.17) is 14.6 Å². The first-order valence-electron chi connectivity index (χ1n) is 11.1. The highest BCUT2D eigenvalue weighted by atomic mass is 32.2. The predicted octanol–water partition coefficient (Wildman–Crippen LogP) is 1.43. The molecule has 36 heavy (non-hydrogen) atoms. The van der Waals surface area contributed by atoms with E-state index < -0.39 is 15.9 Å². The molecule has 1 fully saturated rings. The number of primary sulfonamides is 1. The zero-order chi connectivity index (χ0) is 25.3. The number of amides is 2. The van der Waals surface area contributed by atoms with Crippen molar-refractivity contribution >= 4 is 38.3 Å². The molecular weight excluding hydrogens is 506 g/mol. The van der Waals surface area contributed by atoms with Gasteiger partial charge in [0.15, 0.2) is 16.6 Å². The monoisotopic (exact) mass is 529 g/mol. The number of piperazine rings is 1. The quantitative estimate of drug-likeness (QED) is 0.434. The van der Waals surface area contributed by atoms with Gasteiger partial charge in [0.2, 0.25) is 16.8 Å². The van der Waals surface area contributed by atoms with Crippen molar-refractivity contribution in [3.8, 4) is 11.5 Å². The number of nitrogens with zero attached hydrogens (tertiary/aromatic N) is 2. The number of aromatic nitrogens is 1. The highest BCUT2D eigenvalue weighted by Crippen LogP contribution is 2.33. The number of hydrogen-bond acceptors (Lipinski definition) is 9.